The molecule has 16 heavy (non-hydrogen) atoms. The third kappa shape index (κ3) is 2.92. The van der Waals surface area contributed by atoms with Crippen LogP contribution in [0.1, 0.15) is 32.2 Å². The van der Waals surface area contributed by atoms with Crippen LogP contribution >= 0.6 is 0 Å². The van der Waals surface area contributed by atoms with Crippen LogP contribution in [-0.4, -0.2) is 10.1 Å². The van der Waals surface area contributed by atoms with Gasteiger partial charge in [-0.2, -0.15) is 4.98 Å². The smallest absolute Gasteiger partial charge is 0.223 e. The molecule has 0 aliphatic carbocycles. The van der Waals surface area contributed by atoms with E-state index in [1.807, 2.05) is 26.0 Å². The molecule has 3 heteroatoms. The predicted molar refractivity (Wildman–Crippen MR) is 65.2 cm³/mol. The summed E-state index contributed by atoms with van der Waals surface area (Å²) >= 11 is 0. The van der Waals surface area contributed by atoms with Crippen molar-refractivity contribution >= 4 is 0 Å². The second-order valence-corrected chi connectivity index (χ2v) is 3.19. The lowest BCUT2D eigenvalue weighted by atomic mass is 10.1. The zero-order chi connectivity index (χ0) is 12.0. The highest BCUT2D eigenvalue weighted by Gasteiger charge is 2.04. The van der Waals surface area contributed by atoms with Gasteiger partial charge in [-0.05, 0) is 12.0 Å². The number of hydrogen-bond acceptors (Lipinski definition) is 3. The monoisotopic (exact) mass is 218 g/mol. The first kappa shape index (κ1) is 12.4. The Labute approximate surface area is 96.5 Å². The van der Waals surface area contributed by atoms with Crippen LogP contribution in [0.25, 0.3) is 11.4 Å². The molecule has 0 spiro atoms. The lowest BCUT2D eigenvalue weighted by Crippen LogP contribution is -1.83. The molecule has 0 fully saturated rings. The van der Waals surface area contributed by atoms with Crippen LogP contribution in [0.4, 0.5) is 0 Å². The lowest BCUT2D eigenvalue weighted by molar-refractivity contribution is 0.394. The van der Waals surface area contributed by atoms with Gasteiger partial charge >= 0.3 is 0 Å². The zero-order valence-corrected chi connectivity index (χ0v) is 10.3. The van der Waals surface area contributed by atoms with E-state index in [0.29, 0.717) is 11.7 Å². The van der Waals surface area contributed by atoms with Crippen molar-refractivity contribution in [1.29, 1.82) is 0 Å². The van der Waals surface area contributed by atoms with Gasteiger partial charge in [0.1, 0.15) is 0 Å². The van der Waals surface area contributed by atoms with Crippen LogP contribution in [0.2, 0.25) is 0 Å². The fourth-order valence-electron chi connectivity index (χ4n) is 1.31. The van der Waals surface area contributed by atoms with Gasteiger partial charge in [0.05, 0.1) is 0 Å². The van der Waals surface area contributed by atoms with Crippen molar-refractivity contribution in [2.45, 2.75) is 34.1 Å². The number of aromatic nitrogens is 2. The first-order chi connectivity index (χ1) is 7.79. The van der Waals surface area contributed by atoms with Crippen LogP contribution in [0, 0.1) is 6.92 Å². The van der Waals surface area contributed by atoms with Gasteiger partial charge in [-0.15, -0.1) is 0 Å². The summed E-state index contributed by atoms with van der Waals surface area (Å²) in [4.78, 5) is 4.16. The molecule has 2 aromatic rings. The van der Waals surface area contributed by atoms with E-state index < -0.39 is 0 Å². The Balaban J connectivity index is 0.000000606. The van der Waals surface area contributed by atoms with Gasteiger partial charge in [0, 0.05) is 12.5 Å². The number of hydrogen-bond donors (Lipinski definition) is 0. The molecule has 0 atom stereocenters. The Morgan fingerprint density at radius 3 is 2.19 bits per heavy atom. The van der Waals surface area contributed by atoms with Gasteiger partial charge in [-0.1, -0.05) is 50.2 Å². The molecule has 1 heterocycles. The van der Waals surface area contributed by atoms with Gasteiger partial charge in [0.25, 0.3) is 0 Å². The Hall–Kier alpha value is -1.64. The van der Waals surface area contributed by atoms with Crippen LogP contribution in [-0.2, 0) is 6.42 Å². The fraction of sp³-hybridized carbons (Fsp3) is 0.385. The van der Waals surface area contributed by atoms with Crippen molar-refractivity contribution in [1.82, 2.24) is 10.1 Å². The first-order valence-electron chi connectivity index (χ1n) is 5.69. The molecular weight excluding hydrogens is 200 g/mol. The van der Waals surface area contributed by atoms with Crippen molar-refractivity contribution in [2.75, 3.05) is 0 Å². The third-order valence-electron chi connectivity index (χ3n) is 2.15. The number of rotatable bonds is 2. The van der Waals surface area contributed by atoms with E-state index in [1.165, 1.54) is 5.56 Å². The Morgan fingerprint density at radius 2 is 1.75 bits per heavy atom. The molecule has 1 aromatic heterocycles. The summed E-state index contributed by atoms with van der Waals surface area (Å²) in [6.45, 7) is 7.92. The third-order valence-corrected chi connectivity index (χ3v) is 2.15. The maximum atomic E-state index is 4.91. The molecule has 0 saturated heterocycles. The van der Waals surface area contributed by atoms with Gasteiger partial charge in [-0.3, -0.25) is 0 Å². The van der Waals surface area contributed by atoms with Crippen molar-refractivity contribution in [3.63, 3.8) is 0 Å². The van der Waals surface area contributed by atoms with Gasteiger partial charge in [-0.25, -0.2) is 0 Å². The molecule has 0 unspecified atom stereocenters. The molecule has 0 bridgehead atoms. The Bertz CT molecular complexity index is 418. The van der Waals surface area contributed by atoms with Crippen LogP contribution in [0.15, 0.2) is 28.8 Å². The normalized spacial score (nSPS) is 9.50. The maximum Gasteiger partial charge on any atom is 0.223 e. The Kier molecular flexibility index (Phi) is 4.70. The minimum atomic E-state index is 0.597. The quantitative estimate of drug-likeness (QED) is 0.772. The molecule has 2 rings (SSSR count). The van der Waals surface area contributed by atoms with E-state index in [1.54, 1.807) is 6.92 Å². The minimum absolute atomic E-state index is 0.597. The SMILES string of the molecule is CC.CCc1ccc(-c2noc(C)n2)cc1. The molecule has 1 aromatic carbocycles. The van der Waals surface area contributed by atoms with Crippen LogP contribution in [0.5, 0.6) is 0 Å². The number of benzene rings is 1. The summed E-state index contributed by atoms with van der Waals surface area (Å²) in [5.74, 6) is 1.25. The van der Waals surface area contributed by atoms with E-state index in [0.717, 1.165) is 12.0 Å². The second-order valence-electron chi connectivity index (χ2n) is 3.19. The summed E-state index contributed by atoms with van der Waals surface area (Å²) in [5, 5.41) is 3.86. The molecule has 86 valence electrons. The molecule has 0 amide bonds. The first-order valence-corrected chi connectivity index (χ1v) is 5.69. The molecule has 0 aliphatic rings. The lowest BCUT2D eigenvalue weighted by Gasteiger charge is -1.96. The highest BCUT2D eigenvalue weighted by Crippen LogP contribution is 2.16. The van der Waals surface area contributed by atoms with E-state index in [-0.39, 0.29) is 0 Å². The largest absolute Gasteiger partial charge is 0.339 e. The summed E-state index contributed by atoms with van der Waals surface area (Å²) < 4.78 is 4.91. The molecule has 3 nitrogen and oxygen atoms in total. The van der Waals surface area contributed by atoms with E-state index in [2.05, 4.69) is 29.2 Å². The summed E-state index contributed by atoms with van der Waals surface area (Å²) in [7, 11) is 0. The molecule has 0 saturated carbocycles. The van der Waals surface area contributed by atoms with Crippen molar-refractivity contribution in [2.24, 2.45) is 0 Å². The second kappa shape index (κ2) is 6.05. The minimum Gasteiger partial charge on any atom is -0.339 e. The van der Waals surface area contributed by atoms with E-state index in [9.17, 15) is 0 Å². The van der Waals surface area contributed by atoms with Gasteiger partial charge in [0.15, 0.2) is 0 Å². The van der Waals surface area contributed by atoms with Crippen LogP contribution < -0.4 is 0 Å². The van der Waals surface area contributed by atoms with Crippen molar-refractivity contribution < 1.29 is 4.52 Å². The highest BCUT2D eigenvalue weighted by atomic mass is 16.5. The average molecular weight is 218 g/mol. The van der Waals surface area contributed by atoms with Crippen LogP contribution in [0.3, 0.4) is 0 Å². The fourth-order valence-corrected chi connectivity index (χ4v) is 1.31. The maximum absolute atomic E-state index is 4.91. The van der Waals surface area contributed by atoms with E-state index in [4.69, 9.17) is 4.52 Å². The van der Waals surface area contributed by atoms with Gasteiger partial charge in [0.2, 0.25) is 11.7 Å². The topological polar surface area (TPSA) is 38.9 Å². The van der Waals surface area contributed by atoms with Crippen molar-refractivity contribution in [3.8, 4) is 11.4 Å². The standard InChI is InChI=1S/C11H12N2O.C2H6/c1-3-9-4-6-10(7-5-9)11-12-8(2)14-13-11;1-2/h4-7H,3H2,1-2H3;1-2H3. The van der Waals surface area contributed by atoms with Gasteiger partial charge < -0.3 is 4.52 Å². The molecule has 0 N–H and O–H groups in total. The number of nitrogens with zero attached hydrogens (tertiary/aromatic N) is 2. The molecular formula is C13H18N2O. The molecule has 0 aliphatic heterocycles. The highest BCUT2D eigenvalue weighted by molar-refractivity contribution is 5.54. The Morgan fingerprint density at radius 1 is 1.12 bits per heavy atom. The summed E-state index contributed by atoms with van der Waals surface area (Å²) in [6, 6.07) is 8.20. The predicted octanol–water partition coefficient (Wildman–Crippen LogP) is 3.63. The molecule has 0 radical (unpaired) electrons. The zero-order valence-electron chi connectivity index (χ0n) is 10.3. The summed E-state index contributed by atoms with van der Waals surface area (Å²) in [5.41, 5.74) is 2.31. The average Bonchev–Trinajstić information content (AvgIpc) is 2.79. The van der Waals surface area contributed by atoms with Crippen molar-refractivity contribution in [3.05, 3.63) is 35.7 Å². The number of aryl methyl sites for hydroxylation is 2. The summed E-state index contributed by atoms with van der Waals surface area (Å²) in [6.07, 6.45) is 1.05. The van der Waals surface area contributed by atoms with E-state index >= 15 is 0 Å².